The van der Waals surface area contributed by atoms with Crippen molar-refractivity contribution in [2.75, 3.05) is 5.32 Å². The zero-order valence-corrected chi connectivity index (χ0v) is 11.6. The van der Waals surface area contributed by atoms with Crippen LogP contribution in [0.3, 0.4) is 0 Å². The maximum atomic E-state index is 13.4. The van der Waals surface area contributed by atoms with Crippen LogP contribution in [0.5, 0.6) is 0 Å². The summed E-state index contributed by atoms with van der Waals surface area (Å²) in [4.78, 5) is 23.4. The Bertz CT molecular complexity index is 631. The third-order valence-electron chi connectivity index (χ3n) is 2.80. The maximum absolute atomic E-state index is 13.4. The third-order valence-corrected chi connectivity index (χ3v) is 2.80. The lowest BCUT2D eigenvalue weighted by atomic mass is 10.1. The molecule has 7 heteroatoms. The molecule has 0 amide bonds. The Kier molecular flexibility index (Phi) is 3.67. The van der Waals surface area contributed by atoms with Gasteiger partial charge in [-0.2, -0.15) is 0 Å². The number of nitrogens with one attached hydrogen (secondary N) is 1. The number of anilines is 1. The van der Waals surface area contributed by atoms with E-state index in [4.69, 9.17) is 9.47 Å². The van der Waals surface area contributed by atoms with E-state index >= 15 is 0 Å². The molecular formula is C14H13F2NO4. The highest BCUT2D eigenvalue weighted by molar-refractivity contribution is 6.15. The molecule has 1 aliphatic rings. The van der Waals surface area contributed by atoms with Crippen LogP contribution in [0.2, 0.25) is 0 Å². The number of hydrogen-bond donors (Lipinski definition) is 1. The zero-order valence-electron chi connectivity index (χ0n) is 11.6. The second-order valence-corrected chi connectivity index (χ2v) is 4.94. The lowest BCUT2D eigenvalue weighted by Gasteiger charge is -2.29. The molecule has 1 saturated heterocycles. The van der Waals surface area contributed by atoms with Crippen LogP contribution >= 0.6 is 0 Å². The van der Waals surface area contributed by atoms with Gasteiger partial charge in [0.05, 0.1) is 0 Å². The molecule has 1 aromatic carbocycles. The number of ether oxygens (including phenoxy) is 2. The molecule has 0 atom stereocenters. The fourth-order valence-electron chi connectivity index (χ4n) is 1.72. The summed E-state index contributed by atoms with van der Waals surface area (Å²) in [5.74, 6) is -4.62. The molecule has 0 saturated carbocycles. The number of hydrogen-bond acceptors (Lipinski definition) is 5. The summed E-state index contributed by atoms with van der Waals surface area (Å²) < 4.78 is 36.3. The first-order chi connectivity index (χ1) is 9.69. The van der Waals surface area contributed by atoms with Gasteiger partial charge >= 0.3 is 11.9 Å². The van der Waals surface area contributed by atoms with Gasteiger partial charge in [-0.25, -0.2) is 18.4 Å². The lowest BCUT2D eigenvalue weighted by molar-refractivity contribution is -0.222. The molecule has 0 aliphatic carbocycles. The predicted octanol–water partition coefficient (Wildman–Crippen LogP) is 2.41. The van der Waals surface area contributed by atoms with Crippen molar-refractivity contribution < 1.29 is 27.8 Å². The van der Waals surface area contributed by atoms with Crippen molar-refractivity contribution in [1.82, 2.24) is 0 Å². The number of halogens is 2. The maximum Gasteiger partial charge on any atom is 0.350 e. The van der Waals surface area contributed by atoms with Crippen LogP contribution < -0.4 is 5.32 Å². The summed E-state index contributed by atoms with van der Waals surface area (Å²) >= 11 is 0. The van der Waals surface area contributed by atoms with Crippen molar-refractivity contribution in [3.05, 3.63) is 41.1 Å². The normalized spacial score (nSPS) is 17.1. The van der Waals surface area contributed by atoms with E-state index in [1.54, 1.807) is 0 Å². The van der Waals surface area contributed by atoms with Gasteiger partial charge in [0.2, 0.25) is 0 Å². The third kappa shape index (κ3) is 3.18. The Hall–Kier alpha value is -2.44. The molecule has 1 aliphatic heterocycles. The molecule has 5 nitrogen and oxygen atoms in total. The van der Waals surface area contributed by atoms with Gasteiger partial charge in [-0.3, -0.25) is 0 Å². The summed E-state index contributed by atoms with van der Waals surface area (Å²) in [6, 6.07) is 1.78. The van der Waals surface area contributed by atoms with Crippen LogP contribution in [0.15, 0.2) is 23.9 Å². The number of esters is 2. The van der Waals surface area contributed by atoms with Crippen molar-refractivity contribution in [2.24, 2.45) is 0 Å². The average molecular weight is 297 g/mol. The van der Waals surface area contributed by atoms with E-state index in [-0.39, 0.29) is 11.3 Å². The molecule has 1 heterocycles. The van der Waals surface area contributed by atoms with E-state index in [1.807, 2.05) is 0 Å². The molecule has 1 aromatic rings. The molecule has 1 N–H and O–H groups in total. The zero-order chi connectivity index (χ0) is 15.8. The highest BCUT2D eigenvalue weighted by Gasteiger charge is 2.38. The molecule has 1 fully saturated rings. The second kappa shape index (κ2) is 5.16. The molecular weight excluding hydrogens is 284 g/mol. The first kappa shape index (κ1) is 15.0. The fraction of sp³-hybridized carbons (Fsp3) is 0.286. The monoisotopic (exact) mass is 297 g/mol. The molecule has 0 spiro atoms. The van der Waals surface area contributed by atoms with Gasteiger partial charge in [-0.1, -0.05) is 0 Å². The van der Waals surface area contributed by atoms with Crippen molar-refractivity contribution >= 4 is 17.6 Å². The van der Waals surface area contributed by atoms with Crippen LogP contribution in [-0.2, 0) is 19.1 Å². The molecule has 0 unspecified atom stereocenters. The van der Waals surface area contributed by atoms with Crippen LogP contribution in [0.25, 0.3) is 0 Å². The fourth-order valence-corrected chi connectivity index (χ4v) is 1.72. The summed E-state index contributed by atoms with van der Waals surface area (Å²) in [6.07, 6.45) is 1.00. The number of cyclic esters (lactones) is 2. The van der Waals surface area contributed by atoms with Crippen LogP contribution in [-0.4, -0.2) is 17.7 Å². The Labute approximate surface area is 119 Å². The Balaban J connectivity index is 2.26. The van der Waals surface area contributed by atoms with Gasteiger partial charge < -0.3 is 14.8 Å². The molecule has 0 radical (unpaired) electrons. The van der Waals surface area contributed by atoms with Crippen molar-refractivity contribution in [3.8, 4) is 0 Å². The number of rotatable bonds is 2. The van der Waals surface area contributed by atoms with Crippen LogP contribution in [0.1, 0.15) is 19.4 Å². The smallest absolute Gasteiger partial charge is 0.350 e. The highest BCUT2D eigenvalue weighted by Crippen LogP contribution is 2.24. The minimum absolute atomic E-state index is 0.0884. The largest absolute Gasteiger partial charge is 0.419 e. The standard InChI is InChI=1S/C14H13F2NO4/c1-7-10(16)4-8(15)5-11(7)17-6-9-12(18)20-14(2,3)21-13(9)19/h4-6,17H,1-3H3. The minimum atomic E-state index is -1.34. The van der Waals surface area contributed by atoms with Gasteiger partial charge in [0, 0.05) is 37.4 Å². The van der Waals surface area contributed by atoms with E-state index in [0.29, 0.717) is 0 Å². The van der Waals surface area contributed by atoms with Gasteiger partial charge in [0.25, 0.3) is 5.79 Å². The van der Waals surface area contributed by atoms with E-state index in [0.717, 1.165) is 18.3 Å². The minimum Gasteiger partial charge on any atom is -0.419 e. The Morgan fingerprint density at radius 2 is 1.71 bits per heavy atom. The van der Waals surface area contributed by atoms with Gasteiger partial charge in [-0.05, 0) is 13.0 Å². The van der Waals surface area contributed by atoms with E-state index in [9.17, 15) is 18.4 Å². The average Bonchev–Trinajstić information content (AvgIpc) is 2.32. The summed E-state index contributed by atoms with van der Waals surface area (Å²) in [5, 5.41) is 2.51. The Morgan fingerprint density at radius 3 is 2.29 bits per heavy atom. The van der Waals surface area contributed by atoms with Crippen LogP contribution in [0.4, 0.5) is 14.5 Å². The molecule has 0 bridgehead atoms. The number of carbonyl (C=O) groups excluding carboxylic acids is 2. The first-order valence-corrected chi connectivity index (χ1v) is 6.08. The summed E-state index contributed by atoms with van der Waals surface area (Å²) in [5.41, 5.74) is -0.157. The van der Waals surface area contributed by atoms with Crippen molar-refractivity contribution in [1.29, 1.82) is 0 Å². The molecule has 21 heavy (non-hydrogen) atoms. The lowest BCUT2D eigenvalue weighted by Crippen LogP contribution is -2.42. The quantitative estimate of drug-likeness (QED) is 0.516. The SMILES string of the molecule is Cc1c(F)cc(F)cc1NC=C1C(=O)OC(C)(C)OC1=O. The molecule has 112 valence electrons. The number of benzene rings is 1. The van der Waals surface area contributed by atoms with Crippen LogP contribution in [0, 0.1) is 18.6 Å². The van der Waals surface area contributed by atoms with Crippen molar-refractivity contribution in [2.45, 2.75) is 26.6 Å². The second-order valence-electron chi connectivity index (χ2n) is 4.94. The molecule has 0 aromatic heterocycles. The summed E-state index contributed by atoms with van der Waals surface area (Å²) in [7, 11) is 0. The Morgan fingerprint density at radius 1 is 1.14 bits per heavy atom. The van der Waals surface area contributed by atoms with Gasteiger partial charge in [0.15, 0.2) is 5.57 Å². The van der Waals surface area contributed by atoms with Gasteiger partial charge in [0.1, 0.15) is 11.6 Å². The first-order valence-electron chi connectivity index (χ1n) is 6.08. The van der Waals surface area contributed by atoms with E-state index < -0.39 is 34.9 Å². The highest BCUT2D eigenvalue weighted by atomic mass is 19.1. The van der Waals surface area contributed by atoms with Crippen molar-refractivity contribution in [3.63, 3.8) is 0 Å². The van der Waals surface area contributed by atoms with E-state index in [2.05, 4.69) is 5.32 Å². The summed E-state index contributed by atoms with van der Waals surface area (Å²) in [6.45, 7) is 4.26. The topological polar surface area (TPSA) is 64.6 Å². The molecule has 2 rings (SSSR count). The predicted molar refractivity (Wildman–Crippen MR) is 69.1 cm³/mol. The van der Waals surface area contributed by atoms with E-state index in [1.165, 1.54) is 20.8 Å². The van der Waals surface area contributed by atoms with Gasteiger partial charge in [-0.15, -0.1) is 0 Å². The number of carbonyl (C=O) groups is 2.